The van der Waals surface area contributed by atoms with Gasteiger partial charge < -0.3 is 24.4 Å². The van der Waals surface area contributed by atoms with Crippen molar-refractivity contribution in [2.75, 3.05) is 39.8 Å². The van der Waals surface area contributed by atoms with Gasteiger partial charge in [-0.3, -0.25) is 9.59 Å². The van der Waals surface area contributed by atoms with Crippen LogP contribution in [-0.4, -0.2) is 77.4 Å². The highest BCUT2D eigenvalue weighted by Gasteiger charge is 2.48. The number of nitrogens with one attached hydrogen (secondary N) is 1. The maximum Gasteiger partial charge on any atom is 0.246 e. The highest BCUT2D eigenvalue weighted by atomic mass is 16.5. The van der Waals surface area contributed by atoms with Crippen molar-refractivity contribution in [3.63, 3.8) is 0 Å². The molecule has 0 bridgehead atoms. The van der Waals surface area contributed by atoms with Gasteiger partial charge in [0.2, 0.25) is 11.8 Å². The Bertz CT molecular complexity index is 1230. The first-order valence-electron chi connectivity index (χ1n) is 12.6. The second-order valence-electron chi connectivity index (χ2n) is 9.37. The van der Waals surface area contributed by atoms with E-state index in [9.17, 15) is 9.59 Å². The number of para-hydroxylation sites is 2. The number of fused-ring (bicyclic) bond motifs is 4. The van der Waals surface area contributed by atoms with Crippen molar-refractivity contribution in [1.82, 2.24) is 19.7 Å². The van der Waals surface area contributed by atoms with E-state index in [-0.39, 0.29) is 18.4 Å². The molecule has 1 N–H and O–H groups in total. The highest BCUT2D eigenvalue weighted by molar-refractivity contribution is 5.97. The monoisotopic (exact) mass is 474 g/mol. The Kier molecular flexibility index (Phi) is 6.52. The van der Waals surface area contributed by atoms with Crippen LogP contribution in [0.15, 0.2) is 48.5 Å². The molecule has 2 amide bonds. The molecule has 3 heterocycles. The Labute approximate surface area is 206 Å². The predicted octanol–water partition coefficient (Wildman–Crippen LogP) is 3.59. The molecule has 0 saturated carbocycles. The third-order valence-corrected chi connectivity index (χ3v) is 7.57. The van der Waals surface area contributed by atoms with E-state index in [1.165, 1.54) is 0 Å². The van der Waals surface area contributed by atoms with Crippen molar-refractivity contribution in [2.24, 2.45) is 0 Å². The van der Waals surface area contributed by atoms with E-state index in [0.717, 1.165) is 53.8 Å². The Morgan fingerprint density at radius 2 is 1.80 bits per heavy atom. The van der Waals surface area contributed by atoms with Crippen molar-refractivity contribution in [2.45, 2.75) is 38.8 Å². The van der Waals surface area contributed by atoms with Crippen molar-refractivity contribution >= 4 is 22.7 Å². The minimum Gasteiger partial charge on any atom is -0.496 e. The summed E-state index contributed by atoms with van der Waals surface area (Å²) in [5.74, 6) is 0.738. The standard InChI is InChI=1S/C28H34N4O3/c1-4-30(5-2)15-10-16-31-18-25(33)32-23(28(31)34)17-21-19-11-6-8-13-22(19)29-26(21)27(32)20-12-7-9-14-24(20)35-3/h6-9,11-14,23,27,29H,4-5,10,15-18H2,1-3H3/t23-,27+/m0/s1. The molecule has 1 aromatic heterocycles. The van der Waals surface area contributed by atoms with Crippen LogP contribution in [0.3, 0.4) is 0 Å². The first-order valence-corrected chi connectivity index (χ1v) is 12.6. The molecular formula is C28H34N4O3. The van der Waals surface area contributed by atoms with E-state index in [0.29, 0.717) is 18.7 Å². The zero-order chi connectivity index (χ0) is 24.5. The molecule has 184 valence electrons. The van der Waals surface area contributed by atoms with Crippen molar-refractivity contribution < 1.29 is 14.3 Å². The Morgan fingerprint density at radius 3 is 2.57 bits per heavy atom. The van der Waals surface area contributed by atoms with Gasteiger partial charge in [0, 0.05) is 35.1 Å². The van der Waals surface area contributed by atoms with Gasteiger partial charge in [-0.25, -0.2) is 0 Å². The molecule has 5 rings (SSSR count). The molecule has 7 nitrogen and oxygen atoms in total. The first kappa shape index (κ1) is 23.4. The zero-order valence-corrected chi connectivity index (χ0v) is 20.8. The van der Waals surface area contributed by atoms with Gasteiger partial charge in [0.25, 0.3) is 0 Å². The van der Waals surface area contributed by atoms with Gasteiger partial charge >= 0.3 is 0 Å². The molecule has 0 radical (unpaired) electrons. The minimum absolute atomic E-state index is 0.0161. The number of rotatable bonds is 8. The number of piperazine rings is 1. The Hall–Kier alpha value is -3.32. The number of aromatic amines is 1. The van der Waals surface area contributed by atoms with E-state index in [1.807, 2.05) is 36.4 Å². The molecule has 2 atom stereocenters. The quantitative estimate of drug-likeness (QED) is 0.542. The summed E-state index contributed by atoms with van der Waals surface area (Å²) in [7, 11) is 1.64. The summed E-state index contributed by atoms with van der Waals surface area (Å²) in [5, 5.41) is 1.11. The maximum atomic E-state index is 13.8. The average Bonchev–Trinajstić information content (AvgIpc) is 3.26. The summed E-state index contributed by atoms with van der Waals surface area (Å²) in [6, 6.07) is 15.0. The first-order chi connectivity index (χ1) is 17.1. The SMILES string of the molecule is CCN(CC)CCCN1CC(=O)N2[C@H](c3ccccc3OC)c3[nH]c4ccccc4c3C[C@H]2C1=O. The number of aromatic nitrogens is 1. The number of carbonyl (C=O) groups is 2. The number of methoxy groups -OCH3 is 1. The van der Waals surface area contributed by atoms with Crippen LogP contribution in [-0.2, 0) is 16.0 Å². The third-order valence-electron chi connectivity index (χ3n) is 7.57. The molecule has 0 spiro atoms. The summed E-state index contributed by atoms with van der Waals surface area (Å²) in [4.78, 5) is 37.0. The molecular weight excluding hydrogens is 440 g/mol. The lowest BCUT2D eigenvalue weighted by atomic mass is 9.86. The van der Waals surface area contributed by atoms with Gasteiger partial charge in [0.1, 0.15) is 17.8 Å². The van der Waals surface area contributed by atoms with Gasteiger partial charge in [-0.1, -0.05) is 50.2 Å². The second kappa shape index (κ2) is 9.74. The second-order valence-corrected chi connectivity index (χ2v) is 9.37. The highest BCUT2D eigenvalue weighted by Crippen LogP contribution is 2.44. The van der Waals surface area contributed by atoms with E-state index in [4.69, 9.17) is 4.74 Å². The van der Waals surface area contributed by atoms with Gasteiger partial charge in [-0.2, -0.15) is 0 Å². The maximum absolute atomic E-state index is 13.8. The molecule has 7 heteroatoms. The fourth-order valence-electron chi connectivity index (χ4n) is 5.75. The Morgan fingerprint density at radius 1 is 1.06 bits per heavy atom. The zero-order valence-electron chi connectivity index (χ0n) is 20.8. The van der Waals surface area contributed by atoms with E-state index in [2.05, 4.69) is 35.9 Å². The number of carbonyl (C=O) groups excluding carboxylic acids is 2. The van der Waals surface area contributed by atoms with Crippen LogP contribution < -0.4 is 4.74 Å². The summed E-state index contributed by atoms with van der Waals surface area (Å²) in [5.41, 5.74) is 4.00. The molecule has 1 fully saturated rings. The fourth-order valence-corrected chi connectivity index (χ4v) is 5.75. The number of ether oxygens (including phenoxy) is 1. The van der Waals surface area contributed by atoms with Crippen LogP contribution in [0.4, 0.5) is 0 Å². The van der Waals surface area contributed by atoms with Gasteiger partial charge in [-0.15, -0.1) is 0 Å². The summed E-state index contributed by atoms with van der Waals surface area (Å²) in [6.45, 7) is 7.93. The van der Waals surface area contributed by atoms with Crippen molar-refractivity contribution in [3.05, 3.63) is 65.4 Å². The van der Waals surface area contributed by atoms with Gasteiger partial charge in [0.05, 0.1) is 13.7 Å². The topological polar surface area (TPSA) is 68.9 Å². The van der Waals surface area contributed by atoms with E-state index >= 15 is 0 Å². The lowest BCUT2D eigenvalue weighted by molar-refractivity contribution is -0.158. The number of benzene rings is 2. The van der Waals surface area contributed by atoms with Crippen LogP contribution in [0, 0.1) is 0 Å². The summed E-state index contributed by atoms with van der Waals surface area (Å²) < 4.78 is 5.70. The third kappa shape index (κ3) is 4.08. The van der Waals surface area contributed by atoms with Gasteiger partial charge in [0.15, 0.2) is 0 Å². The van der Waals surface area contributed by atoms with Crippen LogP contribution in [0.5, 0.6) is 5.75 Å². The molecule has 3 aromatic rings. The van der Waals surface area contributed by atoms with Crippen LogP contribution in [0.25, 0.3) is 10.9 Å². The molecule has 0 unspecified atom stereocenters. The lowest BCUT2D eigenvalue weighted by Gasteiger charge is -2.47. The van der Waals surface area contributed by atoms with E-state index in [1.54, 1.807) is 16.9 Å². The lowest BCUT2D eigenvalue weighted by Crippen LogP contribution is -2.63. The minimum atomic E-state index is -0.522. The molecule has 1 saturated heterocycles. The van der Waals surface area contributed by atoms with Crippen LogP contribution in [0.2, 0.25) is 0 Å². The normalized spacial score (nSPS) is 19.9. The fraction of sp³-hybridized carbons (Fsp3) is 0.429. The molecule has 2 aliphatic rings. The molecule has 2 aromatic carbocycles. The Balaban J connectivity index is 1.54. The molecule has 0 aliphatic carbocycles. The van der Waals surface area contributed by atoms with Gasteiger partial charge in [-0.05, 0) is 43.8 Å². The largest absolute Gasteiger partial charge is 0.496 e. The number of nitrogens with zero attached hydrogens (tertiary/aromatic N) is 3. The van der Waals surface area contributed by atoms with E-state index < -0.39 is 12.1 Å². The van der Waals surface area contributed by atoms with Crippen LogP contribution in [0.1, 0.15) is 43.1 Å². The number of H-pyrrole nitrogens is 1. The predicted molar refractivity (Wildman–Crippen MR) is 136 cm³/mol. The number of hydrogen-bond acceptors (Lipinski definition) is 4. The molecule has 35 heavy (non-hydrogen) atoms. The van der Waals surface area contributed by atoms with Crippen LogP contribution >= 0.6 is 0 Å². The number of hydrogen-bond donors (Lipinski definition) is 1. The molecule has 2 aliphatic heterocycles. The smallest absolute Gasteiger partial charge is 0.246 e. The van der Waals surface area contributed by atoms with Crippen molar-refractivity contribution in [1.29, 1.82) is 0 Å². The summed E-state index contributed by atoms with van der Waals surface area (Å²) in [6.07, 6.45) is 1.38. The summed E-state index contributed by atoms with van der Waals surface area (Å²) >= 11 is 0. The average molecular weight is 475 g/mol. The van der Waals surface area contributed by atoms with Crippen molar-refractivity contribution in [3.8, 4) is 5.75 Å². The number of amides is 2.